The van der Waals surface area contributed by atoms with Crippen LogP contribution in [0.15, 0.2) is 0 Å². The lowest BCUT2D eigenvalue weighted by Gasteiger charge is -2.56. The standard InChI is InChI=1S/C10H16O2/c11-5-9-7-3-6-1-2-10(9,12)8(7)4-6/h6-9,11-12H,1-5H2/t6-,7+,8-,9-,10+/m0/s1. The Kier molecular flexibility index (Phi) is 1.25. The van der Waals surface area contributed by atoms with Crippen molar-refractivity contribution >= 4 is 0 Å². The van der Waals surface area contributed by atoms with Crippen LogP contribution in [0.25, 0.3) is 0 Å². The molecule has 0 aromatic rings. The minimum atomic E-state index is -0.452. The smallest absolute Gasteiger partial charge is 0.0731 e. The zero-order valence-electron chi connectivity index (χ0n) is 7.24. The number of aliphatic hydroxyl groups excluding tert-OH is 1. The average Bonchev–Trinajstić information content (AvgIpc) is 2.29. The highest BCUT2D eigenvalue weighted by Gasteiger charge is 2.65. The summed E-state index contributed by atoms with van der Waals surface area (Å²) in [6, 6.07) is 0. The van der Waals surface area contributed by atoms with Crippen molar-refractivity contribution in [1.29, 1.82) is 0 Å². The minimum absolute atomic E-state index is 0.199. The van der Waals surface area contributed by atoms with E-state index in [1.807, 2.05) is 0 Å². The zero-order chi connectivity index (χ0) is 8.34. The molecule has 0 saturated heterocycles. The number of rotatable bonds is 1. The van der Waals surface area contributed by atoms with Gasteiger partial charge in [0.05, 0.1) is 5.60 Å². The maximum Gasteiger partial charge on any atom is 0.0731 e. The van der Waals surface area contributed by atoms with Gasteiger partial charge >= 0.3 is 0 Å². The van der Waals surface area contributed by atoms with Crippen molar-refractivity contribution in [2.75, 3.05) is 6.61 Å². The SMILES string of the molecule is OC[C@H]1[C@@H]2C[C@@H]3CC[C@@]1(O)[C@H]2C3. The second kappa shape index (κ2) is 2.05. The van der Waals surface area contributed by atoms with Crippen molar-refractivity contribution in [3.05, 3.63) is 0 Å². The van der Waals surface area contributed by atoms with Crippen LogP contribution in [0.3, 0.4) is 0 Å². The summed E-state index contributed by atoms with van der Waals surface area (Å²) in [4.78, 5) is 0. The number of hydrogen-bond acceptors (Lipinski definition) is 2. The fourth-order valence-electron chi connectivity index (χ4n) is 4.06. The molecule has 3 aliphatic rings. The molecule has 68 valence electrons. The van der Waals surface area contributed by atoms with Crippen molar-refractivity contribution in [2.24, 2.45) is 23.7 Å². The molecular weight excluding hydrogens is 152 g/mol. The van der Waals surface area contributed by atoms with Gasteiger partial charge in [0.15, 0.2) is 0 Å². The van der Waals surface area contributed by atoms with Gasteiger partial charge in [0.25, 0.3) is 0 Å². The summed E-state index contributed by atoms with van der Waals surface area (Å²) < 4.78 is 0. The Hall–Kier alpha value is -0.0800. The summed E-state index contributed by atoms with van der Waals surface area (Å²) in [6.45, 7) is 0.199. The van der Waals surface area contributed by atoms with Crippen molar-refractivity contribution in [3.8, 4) is 0 Å². The maximum atomic E-state index is 10.2. The molecule has 0 aromatic carbocycles. The molecule has 5 atom stereocenters. The highest BCUT2D eigenvalue weighted by atomic mass is 16.3. The summed E-state index contributed by atoms with van der Waals surface area (Å²) in [5.74, 6) is 2.30. The Balaban J connectivity index is 1.94. The first kappa shape index (κ1) is 7.34. The Morgan fingerprint density at radius 2 is 2.17 bits per heavy atom. The molecule has 2 bridgehead atoms. The highest BCUT2D eigenvalue weighted by Crippen LogP contribution is 2.65. The molecule has 2 N–H and O–H groups in total. The Labute approximate surface area is 72.6 Å². The van der Waals surface area contributed by atoms with Crippen LogP contribution in [0.2, 0.25) is 0 Å². The quantitative estimate of drug-likeness (QED) is 0.607. The lowest BCUT2D eigenvalue weighted by atomic mass is 9.53. The number of fused-ring (bicyclic) bond motifs is 1. The van der Waals surface area contributed by atoms with Gasteiger partial charge in [-0.05, 0) is 43.4 Å². The first-order valence-electron chi connectivity index (χ1n) is 5.09. The predicted molar refractivity (Wildman–Crippen MR) is 44.5 cm³/mol. The number of aliphatic hydroxyl groups is 2. The molecule has 2 heteroatoms. The van der Waals surface area contributed by atoms with Crippen LogP contribution in [-0.2, 0) is 0 Å². The van der Waals surface area contributed by atoms with Crippen LogP contribution < -0.4 is 0 Å². The Bertz CT molecular complexity index is 216. The molecule has 2 nitrogen and oxygen atoms in total. The van der Waals surface area contributed by atoms with Crippen molar-refractivity contribution in [2.45, 2.75) is 31.3 Å². The summed E-state index contributed by atoms with van der Waals surface area (Å²) in [7, 11) is 0. The highest BCUT2D eigenvalue weighted by molar-refractivity contribution is 5.15. The first-order chi connectivity index (χ1) is 5.75. The predicted octanol–water partition coefficient (Wildman–Crippen LogP) is 0.776. The molecule has 12 heavy (non-hydrogen) atoms. The average molecular weight is 168 g/mol. The molecule has 3 rings (SSSR count). The largest absolute Gasteiger partial charge is 0.396 e. The summed E-state index contributed by atoms with van der Waals surface area (Å²) in [5, 5.41) is 19.4. The first-order valence-corrected chi connectivity index (χ1v) is 5.09. The molecule has 0 amide bonds. The van der Waals surface area contributed by atoms with E-state index in [-0.39, 0.29) is 12.5 Å². The van der Waals surface area contributed by atoms with Gasteiger partial charge in [0.1, 0.15) is 0 Å². The van der Waals surface area contributed by atoms with Crippen LogP contribution in [0.1, 0.15) is 25.7 Å². The van der Waals surface area contributed by atoms with Crippen molar-refractivity contribution < 1.29 is 10.2 Å². The summed E-state index contributed by atoms with van der Waals surface area (Å²) in [6.07, 6.45) is 4.65. The van der Waals surface area contributed by atoms with Crippen molar-refractivity contribution in [3.63, 3.8) is 0 Å². The van der Waals surface area contributed by atoms with E-state index in [4.69, 9.17) is 5.11 Å². The molecule has 3 saturated carbocycles. The Morgan fingerprint density at radius 3 is 2.92 bits per heavy atom. The second-order valence-corrected chi connectivity index (χ2v) is 4.93. The third kappa shape index (κ3) is 0.612. The van der Waals surface area contributed by atoms with Gasteiger partial charge in [0.2, 0.25) is 0 Å². The van der Waals surface area contributed by atoms with E-state index in [9.17, 15) is 5.11 Å². The molecule has 0 spiro atoms. The van der Waals surface area contributed by atoms with Crippen LogP contribution in [0, 0.1) is 23.7 Å². The fraction of sp³-hybridized carbons (Fsp3) is 1.00. The molecular formula is C10H16O2. The van der Waals surface area contributed by atoms with E-state index in [1.165, 1.54) is 19.3 Å². The van der Waals surface area contributed by atoms with E-state index in [1.54, 1.807) is 0 Å². The van der Waals surface area contributed by atoms with Crippen LogP contribution in [-0.4, -0.2) is 22.4 Å². The van der Waals surface area contributed by atoms with E-state index in [2.05, 4.69) is 0 Å². The maximum absolute atomic E-state index is 10.2. The van der Waals surface area contributed by atoms with Gasteiger partial charge in [-0.3, -0.25) is 0 Å². The normalized spacial score (nSPS) is 61.5. The van der Waals surface area contributed by atoms with Crippen LogP contribution >= 0.6 is 0 Å². The van der Waals surface area contributed by atoms with Gasteiger partial charge in [0, 0.05) is 12.5 Å². The lowest BCUT2D eigenvalue weighted by molar-refractivity contribution is -0.205. The van der Waals surface area contributed by atoms with Gasteiger partial charge in [-0.25, -0.2) is 0 Å². The van der Waals surface area contributed by atoms with Gasteiger partial charge in [-0.15, -0.1) is 0 Å². The number of hydrogen-bond donors (Lipinski definition) is 2. The molecule has 0 aliphatic heterocycles. The third-order valence-corrected chi connectivity index (χ3v) is 4.66. The van der Waals surface area contributed by atoms with Crippen molar-refractivity contribution in [1.82, 2.24) is 0 Å². The van der Waals surface area contributed by atoms with Gasteiger partial charge in [-0.2, -0.15) is 0 Å². The van der Waals surface area contributed by atoms with Gasteiger partial charge < -0.3 is 10.2 Å². The van der Waals surface area contributed by atoms with Gasteiger partial charge in [-0.1, -0.05) is 0 Å². The van der Waals surface area contributed by atoms with E-state index in [0.29, 0.717) is 11.8 Å². The molecule has 3 aliphatic carbocycles. The third-order valence-electron chi connectivity index (χ3n) is 4.66. The second-order valence-electron chi connectivity index (χ2n) is 4.93. The topological polar surface area (TPSA) is 40.5 Å². The van der Waals surface area contributed by atoms with E-state index >= 15 is 0 Å². The molecule has 0 unspecified atom stereocenters. The molecule has 0 aromatic heterocycles. The monoisotopic (exact) mass is 168 g/mol. The lowest BCUT2D eigenvalue weighted by Crippen LogP contribution is -2.62. The van der Waals surface area contributed by atoms with E-state index in [0.717, 1.165) is 12.3 Å². The van der Waals surface area contributed by atoms with Crippen LogP contribution in [0.5, 0.6) is 0 Å². The Morgan fingerprint density at radius 1 is 1.33 bits per heavy atom. The zero-order valence-corrected chi connectivity index (χ0v) is 7.24. The van der Waals surface area contributed by atoms with E-state index < -0.39 is 5.60 Å². The summed E-state index contributed by atoms with van der Waals surface area (Å²) >= 11 is 0. The molecule has 0 heterocycles. The summed E-state index contributed by atoms with van der Waals surface area (Å²) in [5.41, 5.74) is -0.452. The molecule has 0 radical (unpaired) electrons. The fourth-order valence-corrected chi connectivity index (χ4v) is 4.06. The van der Waals surface area contributed by atoms with Crippen LogP contribution in [0.4, 0.5) is 0 Å². The minimum Gasteiger partial charge on any atom is -0.396 e. The molecule has 3 fully saturated rings.